The summed E-state index contributed by atoms with van der Waals surface area (Å²) < 4.78 is 0. The van der Waals surface area contributed by atoms with Gasteiger partial charge in [-0.15, -0.1) is 0 Å². The zero-order valence-electron chi connectivity index (χ0n) is 6.31. The van der Waals surface area contributed by atoms with Crippen molar-refractivity contribution < 1.29 is 4.79 Å². The van der Waals surface area contributed by atoms with Crippen LogP contribution < -0.4 is 16.4 Å². The van der Waals surface area contributed by atoms with Gasteiger partial charge in [0.15, 0.2) is 0 Å². The van der Waals surface area contributed by atoms with Gasteiger partial charge in [-0.2, -0.15) is 0 Å². The van der Waals surface area contributed by atoms with Crippen LogP contribution in [0.15, 0.2) is 0 Å². The van der Waals surface area contributed by atoms with Crippen LogP contribution in [-0.2, 0) is 0 Å². The highest BCUT2D eigenvalue weighted by Crippen LogP contribution is 1.71. The third-order valence-electron chi connectivity index (χ3n) is 1.08. The highest BCUT2D eigenvalue weighted by atomic mass is 16.2. The monoisotopic (exact) mass is 145 g/mol. The molecular weight excluding hydrogens is 130 g/mol. The Labute approximate surface area is 61.2 Å². The lowest BCUT2D eigenvalue weighted by molar-refractivity contribution is 0.249. The molecule has 0 aromatic rings. The second-order valence-electron chi connectivity index (χ2n) is 2.00. The molecule has 2 amide bonds. The van der Waals surface area contributed by atoms with Crippen molar-refractivity contribution in [3.05, 3.63) is 0 Å². The maximum absolute atomic E-state index is 10.1. The Balaban J connectivity index is 2.84. The Hall–Kier alpha value is -0.770. The maximum Gasteiger partial charge on any atom is 0.312 e. The molecule has 4 N–H and O–H groups in total. The number of nitrogens with one attached hydrogen (secondary N) is 2. The van der Waals surface area contributed by atoms with E-state index in [1.165, 1.54) is 0 Å². The minimum Gasteiger partial charge on any atom is -0.352 e. The molecule has 0 bridgehead atoms. The zero-order valence-corrected chi connectivity index (χ0v) is 6.31. The number of nitrogens with two attached hydrogens (primary N) is 1. The first-order chi connectivity index (χ1) is 4.77. The third kappa shape index (κ3) is 7.23. The van der Waals surface area contributed by atoms with E-state index in [1.807, 2.05) is 6.92 Å². The molecule has 10 heavy (non-hydrogen) atoms. The number of hydrogen-bond donors (Lipinski definition) is 3. The maximum atomic E-state index is 10.1. The summed E-state index contributed by atoms with van der Waals surface area (Å²) in [5.41, 5.74) is 4.84. The highest BCUT2D eigenvalue weighted by Gasteiger charge is 1.88. The summed E-state index contributed by atoms with van der Waals surface area (Å²) in [5.74, 6) is 0. The van der Waals surface area contributed by atoms with Gasteiger partial charge in [0.25, 0.3) is 0 Å². The molecule has 0 aliphatic heterocycles. The van der Waals surface area contributed by atoms with Crippen molar-refractivity contribution in [3.63, 3.8) is 0 Å². The first-order valence-corrected chi connectivity index (χ1v) is 3.51. The first kappa shape index (κ1) is 9.23. The summed E-state index contributed by atoms with van der Waals surface area (Å²) in [6.07, 6.45) is 0.927. The molecule has 0 aliphatic carbocycles. The van der Waals surface area contributed by atoms with Crippen LogP contribution in [0.4, 0.5) is 4.79 Å². The molecule has 60 valence electrons. The Morgan fingerprint density at radius 3 is 2.70 bits per heavy atom. The molecular formula is C6H15N3O. The molecule has 0 unspecified atom stereocenters. The molecule has 0 atom stereocenters. The van der Waals surface area contributed by atoms with Crippen molar-refractivity contribution in [1.29, 1.82) is 0 Å². The van der Waals surface area contributed by atoms with Crippen molar-refractivity contribution in [2.75, 3.05) is 19.6 Å². The number of rotatable bonds is 5. The summed E-state index contributed by atoms with van der Waals surface area (Å²) >= 11 is 0. The van der Waals surface area contributed by atoms with Crippen LogP contribution in [-0.4, -0.2) is 25.7 Å². The van der Waals surface area contributed by atoms with Crippen LogP contribution >= 0.6 is 0 Å². The number of primary amides is 1. The normalized spacial score (nSPS) is 9.30. The first-order valence-electron chi connectivity index (χ1n) is 3.51. The Morgan fingerprint density at radius 2 is 2.20 bits per heavy atom. The molecule has 0 spiro atoms. The van der Waals surface area contributed by atoms with E-state index in [4.69, 9.17) is 5.73 Å². The summed E-state index contributed by atoms with van der Waals surface area (Å²) in [5, 5.41) is 5.63. The summed E-state index contributed by atoms with van der Waals surface area (Å²) in [4.78, 5) is 10.1. The fraction of sp³-hybridized carbons (Fsp3) is 0.833. The van der Waals surface area contributed by atoms with Gasteiger partial charge >= 0.3 is 6.03 Å². The van der Waals surface area contributed by atoms with Crippen molar-refractivity contribution >= 4 is 6.03 Å². The van der Waals surface area contributed by atoms with Gasteiger partial charge in [0.05, 0.1) is 0 Å². The topological polar surface area (TPSA) is 67.2 Å². The molecule has 0 aromatic heterocycles. The van der Waals surface area contributed by atoms with Gasteiger partial charge in [0.1, 0.15) is 0 Å². The van der Waals surface area contributed by atoms with Crippen molar-refractivity contribution in [3.8, 4) is 0 Å². The molecule has 4 heteroatoms. The van der Waals surface area contributed by atoms with Crippen LogP contribution in [0.2, 0.25) is 0 Å². The molecule has 0 fully saturated rings. The van der Waals surface area contributed by atoms with Gasteiger partial charge in [0, 0.05) is 6.54 Å². The van der Waals surface area contributed by atoms with Gasteiger partial charge in [-0.25, -0.2) is 4.79 Å². The van der Waals surface area contributed by atoms with E-state index in [2.05, 4.69) is 10.6 Å². The Morgan fingerprint density at radius 1 is 1.50 bits per heavy atom. The van der Waals surface area contributed by atoms with Crippen molar-refractivity contribution in [1.82, 2.24) is 10.6 Å². The summed E-state index contributed by atoms with van der Waals surface area (Å²) in [6.45, 7) is 4.59. The second kappa shape index (κ2) is 6.35. The van der Waals surface area contributed by atoms with Gasteiger partial charge in [-0.1, -0.05) is 6.92 Å². The largest absolute Gasteiger partial charge is 0.352 e. The number of amides is 2. The number of urea groups is 1. The predicted molar refractivity (Wildman–Crippen MR) is 40.7 cm³/mol. The van der Waals surface area contributed by atoms with Crippen LogP contribution in [0.5, 0.6) is 0 Å². The molecule has 4 nitrogen and oxygen atoms in total. The van der Waals surface area contributed by atoms with Crippen LogP contribution in [0.1, 0.15) is 13.3 Å². The van der Waals surface area contributed by atoms with Crippen LogP contribution in [0.3, 0.4) is 0 Å². The lowest BCUT2D eigenvalue weighted by atomic mass is 10.4. The number of carbonyl (C=O) groups excluding carboxylic acids is 1. The van der Waals surface area contributed by atoms with E-state index in [1.54, 1.807) is 0 Å². The predicted octanol–water partition coefficient (Wildman–Crippen LogP) is -0.346. The Kier molecular flexibility index (Phi) is 5.86. The average Bonchev–Trinajstić information content (AvgIpc) is 1.87. The molecule has 0 radical (unpaired) electrons. The van der Waals surface area contributed by atoms with E-state index in [-0.39, 0.29) is 0 Å². The van der Waals surface area contributed by atoms with E-state index in [9.17, 15) is 4.79 Å². The van der Waals surface area contributed by atoms with Gasteiger partial charge in [0.2, 0.25) is 0 Å². The molecule has 0 heterocycles. The standard InChI is InChI=1S/C6H15N3O/c1-2-8-4-3-5-9-6(7)10/h8H,2-5H2,1H3,(H3,7,9,10). The van der Waals surface area contributed by atoms with Crippen molar-refractivity contribution in [2.45, 2.75) is 13.3 Å². The lowest BCUT2D eigenvalue weighted by Crippen LogP contribution is -2.31. The lowest BCUT2D eigenvalue weighted by Gasteiger charge is -2.01. The Bertz CT molecular complexity index is 95.0. The molecule has 0 saturated heterocycles. The molecule has 0 rings (SSSR count). The van der Waals surface area contributed by atoms with E-state index >= 15 is 0 Å². The highest BCUT2D eigenvalue weighted by molar-refractivity contribution is 5.71. The summed E-state index contributed by atoms with van der Waals surface area (Å²) in [6, 6.07) is -0.448. The third-order valence-corrected chi connectivity index (χ3v) is 1.08. The number of hydrogen-bond acceptors (Lipinski definition) is 2. The van der Waals surface area contributed by atoms with Gasteiger partial charge in [-0.05, 0) is 19.5 Å². The van der Waals surface area contributed by atoms with Crippen LogP contribution in [0.25, 0.3) is 0 Å². The zero-order chi connectivity index (χ0) is 7.82. The fourth-order valence-corrected chi connectivity index (χ4v) is 0.602. The molecule has 0 aromatic carbocycles. The second-order valence-corrected chi connectivity index (χ2v) is 2.00. The van der Waals surface area contributed by atoms with E-state index in [0.717, 1.165) is 19.5 Å². The van der Waals surface area contributed by atoms with E-state index in [0.29, 0.717) is 6.54 Å². The quantitative estimate of drug-likeness (QED) is 0.463. The summed E-state index contributed by atoms with van der Waals surface area (Å²) in [7, 11) is 0. The SMILES string of the molecule is CCNCCCNC(N)=O. The van der Waals surface area contributed by atoms with Gasteiger partial charge in [-0.3, -0.25) is 0 Å². The minimum atomic E-state index is -0.448. The smallest absolute Gasteiger partial charge is 0.312 e. The van der Waals surface area contributed by atoms with Crippen LogP contribution in [0, 0.1) is 0 Å². The number of carbonyl (C=O) groups is 1. The molecule has 0 saturated carbocycles. The molecule has 0 aliphatic rings. The van der Waals surface area contributed by atoms with Crippen molar-refractivity contribution in [2.24, 2.45) is 5.73 Å². The van der Waals surface area contributed by atoms with E-state index < -0.39 is 6.03 Å². The average molecular weight is 145 g/mol. The van der Waals surface area contributed by atoms with Gasteiger partial charge < -0.3 is 16.4 Å². The minimum absolute atomic E-state index is 0.448. The fourth-order valence-electron chi connectivity index (χ4n) is 0.602.